The lowest BCUT2D eigenvalue weighted by molar-refractivity contribution is -0.142. The van der Waals surface area contributed by atoms with Crippen LogP contribution in [-0.4, -0.2) is 44.6 Å². The van der Waals surface area contributed by atoms with Gasteiger partial charge in [-0.2, -0.15) is 0 Å². The van der Waals surface area contributed by atoms with E-state index in [9.17, 15) is 19.2 Å². The number of imide groups is 1. The van der Waals surface area contributed by atoms with E-state index in [1.165, 1.54) is 21.1 Å². The van der Waals surface area contributed by atoms with Gasteiger partial charge in [-0.25, -0.2) is 0 Å². The molecule has 162 valence electrons. The van der Waals surface area contributed by atoms with E-state index in [0.717, 1.165) is 16.3 Å². The summed E-state index contributed by atoms with van der Waals surface area (Å²) in [6.07, 6.45) is 1.12. The second-order valence-electron chi connectivity index (χ2n) is 8.80. The summed E-state index contributed by atoms with van der Waals surface area (Å²) in [6, 6.07) is 4.13. The molecule has 2 N–H and O–H groups in total. The van der Waals surface area contributed by atoms with Gasteiger partial charge in [0.2, 0.25) is 11.8 Å². The zero-order chi connectivity index (χ0) is 21.4. The van der Waals surface area contributed by atoms with Crippen LogP contribution in [0, 0.1) is 29.6 Å². The maximum Gasteiger partial charge on any atom is 0.305 e. The van der Waals surface area contributed by atoms with Crippen molar-refractivity contribution in [2.45, 2.75) is 35.5 Å². The standard InChI is InChI=1S/C21H20N2O5S3/c24-11(25)4-1-5-23-19(26)13-8-7-9(14(13)20(23)27)16-12(8)15(10-3-2-6-29-10)17-18(30-16)22-21(28)31-17/h2-3,6,8-9,12-16H,1,4-5,7H2,(H,22,28)(H,24,25)/t8-,9-,12-,13+,14-,15-,16-/m1/s1. The molecule has 2 saturated carbocycles. The number of hydrogen-bond acceptors (Lipinski definition) is 7. The Labute approximate surface area is 189 Å². The second-order valence-corrected chi connectivity index (χ2v) is 12.0. The first kappa shape index (κ1) is 19.8. The fraction of sp³-hybridized carbons (Fsp3) is 0.524. The molecule has 4 aliphatic rings. The molecule has 10 heteroatoms. The van der Waals surface area contributed by atoms with Crippen LogP contribution in [-0.2, 0) is 14.4 Å². The summed E-state index contributed by atoms with van der Waals surface area (Å²) >= 11 is 4.64. The number of fused-ring (bicyclic) bond motifs is 9. The Morgan fingerprint density at radius 2 is 1.97 bits per heavy atom. The molecule has 7 nitrogen and oxygen atoms in total. The van der Waals surface area contributed by atoms with Crippen LogP contribution in [0.2, 0.25) is 0 Å². The number of thiophene rings is 1. The number of carbonyl (C=O) groups is 3. The molecular weight excluding hydrogens is 456 g/mol. The predicted molar refractivity (Wildman–Crippen MR) is 116 cm³/mol. The van der Waals surface area contributed by atoms with E-state index >= 15 is 0 Å². The minimum Gasteiger partial charge on any atom is -0.481 e. The average Bonchev–Trinajstić information content (AvgIpc) is 3.51. The Balaban J connectivity index is 1.36. The molecular formula is C21H20N2O5S3. The molecule has 6 rings (SSSR count). The minimum atomic E-state index is -0.916. The summed E-state index contributed by atoms with van der Waals surface area (Å²) in [5, 5.41) is 12.1. The van der Waals surface area contributed by atoms with Gasteiger partial charge in [0.1, 0.15) is 0 Å². The molecule has 2 bridgehead atoms. The van der Waals surface area contributed by atoms with Crippen LogP contribution in [0.4, 0.5) is 0 Å². The maximum atomic E-state index is 13.3. The SMILES string of the molecule is O=C(O)CCCN1C(=O)[C@@H]2[C@H]3C[C@@H]([C@@H]2C1=O)[C@@H]1[C@@H](c2cccs2)c2sc(=O)[nH]c2S[C@H]31. The molecule has 2 aromatic rings. The van der Waals surface area contributed by atoms with Crippen molar-refractivity contribution >= 4 is 52.2 Å². The van der Waals surface area contributed by atoms with Gasteiger partial charge in [0.05, 0.1) is 16.9 Å². The molecule has 31 heavy (non-hydrogen) atoms. The van der Waals surface area contributed by atoms with E-state index in [2.05, 4.69) is 11.1 Å². The number of aromatic amines is 1. The third kappa shape index (κ3) is 2.77. The number of hydrogen-bond donors (Lipinski definition) is 2. The van der Waals surface area contributed by atoms with Crippen molar-refractivity contribution in [3.63, 3.8) is 0 Å². The van der Waals surface area contributed by atoms with E-state index in [1.54, 1.807) is 23.1 Å². The van der Waals surface area contributed by atoms with E-state index in [1.807, 2.05) is 11.4 Å². The molecule has 0 spiro atoms. The van der Waals surface area contributed by atoms with Gasteiger partial charge in [-0.1, -0.05) is 17.4 Å². The smallest absolute Gasteiger partial charge is 0.305 e. The molecule has 7 atom stereocenters. The van der Waals surface area contributed by atoms with Crippen LogP contribution < -0.4 is 4.87 Å². The predicted octanol–water partition coefficient (Wildman–Crippen LogP) is 2.84. The van der Waals surface area contributed by atoms with Crippen LogP contribution in [0.1, 0.15) is 34.9 Å². The van der Waals surface area contributed by atoms with Crippen molar-refractivity contribution < 1.29 is 19.5 Å². The number of nitrogens with one attached hydrogen (secondary N) is 1. The zero-order valence-corrected chi connectivity index (χ0v) is 18.8. The maximum absolute atomic E-state index is 13.3. The van der Waals surface area contributed by atoms with E-state index < -0.39 is 5.97 Å². The van der Waals surface area contributed by atoms with Crippen molar-refractivity contribution in [1.82, 2.24) is 9.88 Å². The van der Waals surface area contributed by atoms with E-state index in [-0.39, 0.29) is 70.4 Å². The first-order valence-corrected chi connectivity index (χ1v) is 13.0. The molecule has 0 radical (unpaired) electrons. The number of carboxylic acid groups (broad SMARTS) is 1. The minimum absolute atomic E-state index is 0.0473. The number of nitrogens with zero attached hydrogens (tertiary/aromatic N) is 1. The van der Waals surface area contributed by atoms with Crippen LogP contribution in [0.15, 0.2) is 27.3 Å². The highest BCUT2D eigenvalue weighted by atomic mass is 32.2. The molecule has 2 aromatic heterocycles. The van der Waals surface area contributed by atoms with Gasteiger partial charge in [-0.15, -0.1) is 23.1 Å². The number of carbonyl (C=O) groups excluding carboxylic acids is 2. The first-order valence-electron chi connectivity index (χ1n) is 10.5. The Hall–Kier alpha value is -1.91. The molecule has 0 aromatic carbocycles. The topological polar surface area (TPSA) is 108 Å². The Kier molecular flexibility index (Phi) is 4.49. The second kappa shape index (κ2) is 7.05. The van der Waals surface area contributed by atoms with Crippen LogP contribution >= 0.6 is 34.4 Å². The van der Waals surface area contributed by atoms with Crippen molar-refractivity contribution in [3.05, 3.63) is 36.9 Å². The molecule has 0 unspecified atom stereocenters. The highest BCUT2D eigenvalue weighted by Crippen LogP contribution is 2.68. The fourth-order valence-corrected chi connectivity index (χ4v) is 10.3. The van der Waals surface area contributed by atoms with Crippen molar-refractivity contribution in [2.24, 2.45) is 29.6 Å². The lowest BCUT2D eigenvalue weighted by Gasteiger charge is -2.42. The Morgan fingerprint density at radius 3 is 2.68 bits per heavy atom. The fourth-order valence-electron chi connectivity index (χ4n) is 6.47. The molecule has 1 saturated heterocycles. The van der Waals surface area contributed by atoms with Gasteiger partial charge in [-0.05, 0) is 42.0 Å². The summed E-state index contributed by atoms with van der Waals surface area (Å²) in [6.45, 7) is 0.188. The summed E-state index contributed by atoms with van der Waals surface area (Å²) < 4.78 is 0. The normalized spacial score (nSPS) is 35.4. The molecule has 3 fully saturated rings. The average molecular weight is 477 g/mol. The highest BCUT2D eigenvalue weighted by Gasteiger charge is 2.69. The third-order valence-electron chi connectivity index (χ3n) is 7.44. The number of aromatic nitrogens is 1. The van der Waals surface area contributed by atoms with Gasteiger partial charge >= 0.3 is 10.8 Å². The Morgan fingerprint density at radius 1 is 1.19 bits per heavy atom. The van der Waals surface area contributed by atoms with Gasteiger partial charge in [0, 0.05) is 33.9 Å². The third-order valence-corrected chi connectivity index (χ3v) is 11.0. The molecule has 2 amide bonds. The van der Waals surface area contributed by atoms with Crippen molar-refractivity contribution in [3.8, 4) is 0 Å². The number of thiazole rings is 1. The summed E-state index contributed by atoms with van der Waals surface area (Å²) in [4.78, 5) is 56.0. The number of thioether (sulfide) groups is 1. The van der Waals surface area contributed by atoms with Crippen LogP contribution in [0.5, 0.6) is 0 Å². The molecule has 2 aliphatic heterocycles. The summed E-state index contributed by atoms with van der Waals surface area (Å²) in [5.74, 6) is -1.21. The van der Waals surface area contributed by atoms with Gasteiger partial charge in [-0.3, -0.25) is 24.1 Å². The van der Waals surface area contributed by atoms with Crippen LogP contribution in [0.3, 0.4) is 0 Å². The monoisotopic (exact) mass is 476 g/mol. The lowest BCUT2D eigenvalue weighted by Crippen LogP contribution is -2.42. The highest BCUT2D eigenvalue weighted by molar-refractivity contribution is 8.00. The van der Waals surface area contributed by atoms with Gasteiger partial charge in [0.15, 0.2) is 0 Å². The largest absolute Gasteiger partial charge is 0.481 e. The quantitative estimate of drug-likeness (QED) is 0.643. The first-order chi connectivity index (χ1) is 15.0. The Bertz CT molecular complexity index is 1140. The van der Waals surface area contributed by atoms with Crippen LogP contribution in [0.25, 0.3) is 0 Å². The zero-order valence-electron chi connectivity index (χ0n) is 16.4. The van der Waals surface area contributed by atoms with Gasteiger partial charge < -0.3 is 10.1 Å². The number of likely N-dealkylation sites (tertiary alicyclic amines) is 1. The lowest BCUT2D eigenvalue weighted by atomic mass is 9.69. The number of aliphatic carboxylic acids is 1. The number of H-pyrrole nitrogens is 1. The number of carboxylic acids is 1. The number of amides is 2. The summed E-state index contributed by atoms with van der Waals surface area (Å²) in [5.41, 5.74) is 0. The number of rotatable bonds is 5. The van der Waals surface area contributed by atoms with Crippen molar-refractivity contribution in [1.29, 1.82) is 0 Å². The molecule has 4 heterocycles. The summed E-state index contributed by atoms with van der Waals surface area (Å²) in [7, 11) is 0. The van der Waals surface area contributed by atoms with E-state index in [4.69, 9.17) is 5.11 Å². The van der Waals surface area contributed by atoms with E-state index in [0.29, 0.717) is 6.42 Å². The molecule has 2 aliphatic carbocycles. The van der Waals surface area contributed by atoms with Gasteiger partial charge in [0.25, 0.3) is 0 Å². The van der Waals surface area contributed by atoms with Crippen molar-refractivity contribution in [2.75, 3.05) is 6.54 Å².